The highest BCUT2D eigenvalue weighted by Gasteiger charge is 2.49. The molecule has 3 aliphatic heterocycles. The molecule has 6 rings (SSSR count). The lowest BCUT2D eigenvalue weighted by Crippen LogP contribution is -2.67. The summed E-state index contributed by atoms with van der Waals surface area (Å²) in [6, 6.07) is 11.6. The number of hydrogen-bond acceptors (Lipinski definition) is 7. The highest BCUT2D eigenvalue weighted by Crippen LogP contribution is 2.46. The molecule has 1 spiro atoms. The first-order chi connectivity index (χ1) is 20.0. The third-order valence-corrected chi connectivity index (χ3v) is 8.82. The molecule has 222 valence electrons. The molecule has 2 N–H and O–H groups in total. The maximum Gasteiger partial charge on any atom is 0.419 e. The molecule has 3 aliphatic rings. The SMILES string of the molecule is CCOc1ncccc1-c1ccc2c(n1)C(=O)N(CC1(O)CNC1)CC21CCN(c2cccc(Cl)c2C(F)(F)F)CC1. The van der Waals surface area contributed by atoms with Gasteiger partial charge in [-0.3, -0.25) is 4.79 Å². The van der Waals surface area contributed by atoms with Crippen LogP contribution in [0.15, 0.2) is 48.7 Å². The van der Waals surface area contributed by atoms with E-state index in [1.165, 1.54) is 18.2 Å². The number of nitrogens with zero attached hydrogens (tertiary/aromatic N) is 4. The Morgan fingerprint density at radius 1 is 1.12 bits per heavy atom. The summed E-state index contributed by atoms with van der Waals surface area (Å²) in [5.41, 5.74) is -0.131. The number of pyridine rings is 2. The molecule has 2 saturated heterocycles. The molecule has 0 radical (unpaired) electrons. The maximum atomic E-state index is 13.9. The number of alkyl halides is 3. The van der Waals surface area contributed by atoms with Gasteiger partial charge in [-0.1, -0.05) is 23.7 Å². The van der Waals surface area contributed by atoms with Crippen molar-refractivity contribution in [2.24, 2.45) is 0 Å². The van der Waals surface area contributed by atoms with Gasteiger partial charge in [-0.2, -0.15) is 13.2 Å². The van der Waals surface area contributed by atoms with Gasteiger partial charge in [0.2, 0.25) is 5.88 Å². The number of piperidine rings is 1. The highest BCUT2D eigenvalue weighted by molar-refractivity contribution is 6.31. The van der Waals surface area contributed by atoms with E-state index in [9.17, 15) is 23.1 Å². The van der Waals surface area contributed by atoms with Crippen molar-refractivity contribution in [2.45, 2.75) is 37.0 Å². The van der Waals surface area contributed by atoms with Crippen LogP contribution < -0.4 is 15.0 Å². The monoisotopic (exact) mass is 601 g/mol. The van der Waals surface area contributed by atoms with Gasteiger partial charge in [-0.15, -0.1) is 0 Å². The van der Waals surface area contributed by atoms with Crippen LogP contribution in [-0.4, -0.2) is 77.4 Å². The van der Waals surface area contributed by atoms with Crippen LogP contribution in [0.5, 0.6) is 5.88 Å². The van der Waals surface area contributed by atoms with Crippen molar-refractivity contribution in [1.82, 2.24) is 20.2 Å². The van der Waals surface area contributed by atoms with Gasteiger partial charge in [0.1, 0.15) is 11.3 Å². The fourth-order valence-electron chi connectivity index (χ4n) is 6.38. The van der Waals surface area contributed by atoms with Crippen molar-refractivity contribution in [3.8, 4) is 17.1 Å². The van der Waals surface area contributed by atoms with Gasteiger partial charge in [0.05, 0.1) is 40.7 Å². The topological polar surface area (TPSA) is 90.8 Å². The second-order valence-corrected chi connectivity index (χ2v) is 11.7. The quantitative estimate of drug-likeness (QED) is 0.429. The number of rotatable bonds is 6. The summed E-state index contributed by atoms with van der Waals surface area (Å²) in [4.78, 5) is 26.4. The molecule has 5 heterocycles. The molecule has 0 unspecified atom stereocenters. The number of hydrogen-bond donors (Lipinski definition) is 2. The Morgan fingerprint density at radius 2 is 1.88 bits per heavy atom. The summed E-state index contributed by atoms with van der Waals surface area (Å²) >= 11 is 6.01. The number of fused-ring (bicyclic) bond motifs is 2. The third-order valence-electron chi connectivity index (χ3n) is 8.51. The number of carbonyl (C=O) groups excluding carboxylic acids is 1. The van der Waals surface area contributed by atoms with Gasteiger partial charge < -0.3 is 25.0 Å². The van der Waals surface area contributed by atoms with E-state index in [0.29, 0.717) is 69.3 Å². The molecular formula is C30H31ClF3N5O3. The lowest BCUT2D eigenvalue weighted by atomic mass is 9.69. The zero-order valence-corrected chi connectivity index (χ0v) is 23.8. The van der Waals surface area contributed by atoms with Crippen molar-refractivity contribution in [2.75, 3.05) is 50.8 Å². The Kier molecular flexibility index (Phi) is 7.31. The van der Waals surface area contributed by atoms with Crippen molar-refractivity contribution in [1.29, 1.82) is 0 Å². The molecule has 12 heteroatoms. The van der Waals surface area contributed by atoms with Gasteiger partial charge in [-0.25, -0.2) is 9.97 Å². The van der Waals surface area contributed by atoms with E-state index in [4.69, 9.17) is 21.3 Å². The standard InChI is InChI=1S/C30H31ClF3N5O3/c1-2-42-26-19(5-4-12-36-26)22-9-8-20-25(37-22)27(40)39(18-29(41)15-35-16-29)17-28(20)10-13-38(14-11-28)23-7-3-6-21(31)24(23)30(32,33)34/h3-9,12,35,41H,2,10-11,13-18H2,1H3. The van der Waals surface area contributed by atoms with Crippen LogP contribution in [0.4, 0.5) is 18.9 Å². The Morgan fingerprint density at radius 3 is 2.55 bits per heavy atom. The first-order valence-electron chi connectivity index (χ1n) is 14.0. The number of aromatic nitrogens is 2. The number of nitrogens with one attached hydrogen (secondary N) is 1. The average Bonchev–Trinajstić information content (AvgIpc) is 2.95. The number of β-amino-alcohol motifs (C(OH)–C–C–N with tert-alkyl or cyclic N) is 1. The van der Waals surface area contributed by atoms with Crippen molar-refractivity contribution in [3.05, 3.63) is 70.5 Å². The fourth-order valence-corrected chi connectivity index (χ4v) is 6.65. The zero-order valence-electron chi connectivity index (χ0n) is 23.0. The van der Waals surface area contributed by atoms with Crippen LogP contribution in [0.25, 0.3) is 11.3 Å². The molecule has 1 aromatic carbocycles. The average molecular weight is 602 g/mol. The lowest BCUT2D eigenvalue weighted by molar-refractivity contribution is -0.137. The molecule has 1 amide bonds. The molecule has 0 atom stereocenters. The van der Waals surface area contributed by atoms with Gasteiger partial charge in [0.25, 0.3) is 5.91 Å². The molecule has 0 aliphatic carbocycles. The normalized spacial score (nSPS) is 19.4. The molecule has 2 aromatic heterocycles. The van der Waals surface area contributed by atoms with E-state index in [-0.39, 0.29) is 28.9 Å². The van der Waals surface area contributed by atoms with Crippen LogP contribution >= 0.6 is 11.6 Å². The van der Waals surface area contributed by atoms with E-state index in [2.05, 4.69) is 10.3 Å². The molecule has 0 bridgehead atoms. The van der Waals surface area contributed by atoms with Crippen LogP contribution in [0.1, 0.15) is 41.4 Å². The Balaban J connectivity index is 1.37. The van der Waals surface area contributed by atoms with E-state index in [1.54, 1.807) is 22.1 Å². The predicted octanol–water partition coefficient (Wildman–Crippen LogP) is 4.54. The summed E-state index contributed by atoms with van der Waals surface area (Å²) < 4.78 is 47.5. The summed E-state index contributed by atoms with van der Waals surface area (Å²) in [7, 11) is 0. The number of carbonyl (C=O) groups is 1. The van der Waals surface area contributed by atoms with E-state index in [0.717, 1.165) is 5.56 Å². The summed E-state index contributed by atoms with van der Waals surface area (Å²) in [6.07, 6.45) is -1.99. The molecule has 0 saturated carbocycles. The first-order valence-corrected chi connectivity index (χ1v) is 14.3. The maximum absolute atomic E-state index is 13.9. The summed E-state index contributed by atoms with van der Waals surface area (Å²) in [5, 5.41) is 13.7. The molecule has 42 heavy (non-hydrogen) atoms. The zero-order chi connectivity index (χ0) is 29.7. The largest absolute Gasteiger partial charge is 0.477 e. The van der Waals surface area contributed by atoms with Crippen LogP contribution in [-0.2, 0) is 11.6 Å². The second kappa shape index (κ2) is 10.7. The van der Waals surface area contributed by atoms with Crippen molar-refractivity contribution in [3.63, 3.8) is 0 Å². The minimum Gasteiger partial charge on any atom is -0.477 e. The van der Waals surface area contributed by atoms with Crippen molar-refractivity contribution >= 4 is 23.2 Å². The van der Waals surface area contributed by atoms with E-state index >= 15 is 0 Å². The number of benzene rings is 1. The Hall–Kier alpha value is -3.41. The number of anilines is 1. The summed E-state index contributed by atoms with van der Waals surface area (Å²) in [5.74, 6) is 0.128. The first kappa shape index (κ1) is 28.7. The smallest absolute Gasteiger partial charge is 0.419 e. The number of halogens is 4. The van der Waals surface area contributed by atoms with Crippen LogP contribution in [0, 0.1) is 0 Å². The Labute approximate surface area is 246 Å². The van der Waals surface area contributed by atoms with Gasteiger partial charge >= 0.3 is 6.18 Å². The molecule has 3 aromatic rings. The molecule has 8 nitrogen and oxygen atoms in total. The third kappa shape index (κ3) is 5.07. The van der Waals surface area contributed by atoms with E-state index < -0.39 is 22.8 Å². The minimum atomic E-state index is -4.59. The minimum absolute atomic E-state index is 0.0529. The van der Waals surface area contributed by atoms with Gasteiger partial charge in [0, 0.05) is 44.3 Å². The van der Waals surface area contributed by atoms with E-state index in [1.807, 2.05) is 25.1 Å². The number of aliphatic hydroxyl groups is 1. The lowest BCUT2D eigenvalue weighted by Gasteiger charge is -2.50. The predicted molar refractivity (Wildman–Crippen MR) is 152 cm³/mol. The highest BCUT2D eigenvalue weighted by atomic mass is 35.5. The van der Waals surface area contributed by atoms with Gasteiger partial charge in [0.15, 0.2) is 0 Å². The van der Waals surface area contributed by atoms with Crippen molar-refractivity contribution < 1.29 is 27.8 Å². The Bertz CT molecular complexity index is 1510. The fraction of sp³-hybridized carbons (Fsp3) is 0.433. The molecule has 2 fully saturated rings. The summed E-state index contributed by atoms with van der Waals surface area (Å²) in [6.45, 7) is 4.16. The van der Waals surface area contributed by atoms with Crippen LogP contribution in [0.3, 0.4) is 0 Å². The van der Waals surface area contributed by atoms with Gasteiger partial charge in [-0.05, 0) is 55.7 Å². The number of ether oxygens (including phenoxy) is 1. The van der Waals surface area contributed by atoms with Crippen LogP contribution in [0.2, 0.25) is 5.02 Å². The second-order valence-electron chi connectivity index (χ2n) is 11.3. The molecular weight excluding hydrogens is 571 g/mol. The number of amides is 1.